The number of tetrazole rings is 1. The Morgan fingerprint density at radius 1 is 1.13 bits per heavy atom. The number of benzene rings is 2. The van der Waals surface area contributed by atoms with E-state index in [1.165, 1.54) is 17.1 Å². The van der Waals surface area contributed by atoms with Gasteiger partial charge in [0.25, 0.3) is 0 Å². The fraction of sp³-hybridized carbons (Fsp3) is 0.318. The number of Topliss-reactive ketones (excluding diaryl/α,β-unsaturated/α-hetero) is 1. The number of likely N-dealkylation sites (tertiary alicyclic amines) is 1. The van der Waals surface area contributed by atoms with Gasteiger partial charge in [0, 0.05) is 36.6 Å². The minimum Gasteiger partial charge on any atom is -0.342 e. The lowest BCUT2D eigenvalue weighted by molar-refractivity contribution is -0.132. The largest absolute Gasteiger partial charge is 0.342 e. The van der Waals surface area contributed by atoms with Crippen molar-refractivity contribution in [2.45, 2.75) is 25.8 Å². The maximum atomic E-state index is 14.7. The number of aromatic nitrogens is 4. The van der Waals surface area contributed by atoms with Crippen LogP contribution in [0, 0.1) is 11.7 Å². The summed E-state index contributed by atoms with van der Waals surface area (Å²) in [4.78, 5) is 27.2. The van der Waals surface area contributed by atoms with Crippen molar-refractivity contribution in [1.82, 2.24) is 25.1 Å². The number of rotatable bonds is 6. The molecule has 1 aromatic heterocycles. The molecule has 3 aromatic rings. The molecule has 1 amide bonds. The Bertz CT molecular complexity index is 1020. The van der Waals surface area contributed by atoms with Crippen LogP contribution in [0.15, 0.2) is 54.9 Å². The van der Waals surface area contributed by atoms with E-state index in [2.05, 4.69) is 15.5 Å². The average Bonchev–Trinajstić information content (AvgIpc) is 3.31. The van der Waals surface area contributed by atoms with Gasteiger partial charge in [-0.3, -0.25) is 9.59 Å². The number of piperidine rings is 1. The summed E-state index contributed by atoms with van der Waals surface area (Å²) >= 11 is 0. The molecule has 8 heteroatoms. The molecule has 1 fully saturated rings. The van der Waals surface area contributed by atoms with E-state index in [9.17, 15) is 14.0 Å². The van der Waals surface area contributed by atoms with Crippen LogP contribution in [0.1, 0.15) is 29.6 Å². The lowest BCUT2D eigenvalue weighted by atomic mass is 9.89. The van der Waals surface area contributed by atoms with Crippen LogP contribution in [0.4, 0.5) is 4.39 Å². The van der Waals surface area contributed by atoms with Gasteiger partial charge in [0.15, 0.2) is 5.78 Å². The van der Waals surface area contributed by atoms with Gasteiger partial charge in [-0.15, -0.1) is 5.10 Å². The number of hydrogen-bond acceptors (Lipinski definition) is 5. The third-order valence-electron chi connectivity index (χ3n) is 5.43. The zero-order chi connectivity index (χ0) is 20.9. The predicted octanol–water partition coefficient (Wildman–Crippen LogP) is 2.99. The van der Waals surface area contributed by atoms with Gasteiger partial charge in [-0.2, -0.15) is 0 Å². The van der Waals surface area contributed by atoms with Gasteiger partial charge in [0.1, 0.15) is 12.1 Å². The molecule has 30 heavy (non-hydrogen) atoms. The number of carbonyl (C=O) groups is 2. The molecule has 1 atom stereocenters. The Morgan fingerprint density at radius 3 is 2.70 bits per heavy atom. The van der Waals surface area contributed by atoms with E-state index >= 15 is 0 Å². The Balaban J connectivity index is 1.41. The van der Waals surface area contributed by atoms with Crippen LogP contribution in [-0.2, 0) is 11.3 Å². The lowest BCUT2D eigenvalue weighted by Crippen LogP contribution is -2.42. The Labute approximate surface area is 173 Å². The zero-order valence-electron chi connectivity index (χ0n) is 16.4. The van der Waals surface area contributed by atoms with Crippen molar-refractivity contribution in [3.63, 3.8) is 0 Å². The number of aryl methyl sites for hydroxylation is 1. The van der Waals surface area contributed by atoms with E-state index < -0.39 is 5.82 Å². The number of nitrogens with zero attached hydrogens (tertiary/aromatic N) is 5. The molecule has 4 rings (SSSR count). The molecule has 0 N–H and O–H groups in total. The first-order valence-corrected chi connectivity index (χ1v) is 9.99. The minimum atomic E-state index is -0.419. The van der Waals surface area contributed by atoms with Gasteiger partial charge < -0.3 is 4.90 Å². The van der Waals surface area contributed by atoms with Gasteiger partial charge in [0.05, 0.1) is 6.54 Å². The second-order valence-corrected chi connectivity index (χ2v) is 7.43. The molecule has 2 aromatic carbocycles. The highest BCUT2D eigenvalue weighted by Crippen LogP contribution is 2.26. The monoisotopic (exact) mass is 407 g/mol. The van der Waals surface area contributed by atoms with Crippen molar-refractivity contribution in [3.05, 3.63) is 66.2 Å². The van der Waals surface area contributed by atoms with Crippen molar-refractivity contribution in [2.75, 3.05) is 13.1 Å². The smallest absolute Gasteiger partial charge is 0.224 e. The third-order valence-corrected chi connectivity index (χ3v) is 5.43. The Hall–Kier alpha value is -3.42. The van der Waals surface area contributed by atoms with Crippen LogP contribution in [0.2, 0.25) is 0 Å². The summed E-state index contributed by atoms with van der Waals surface area (Å²) in [6.07, 6.45) is 3.17. The molecule has 1 aliphatic heterocycles. The highest BCUT2D eigenvalue weighted by atomic mass is 19.1. The third kappa shape index (κ3) is 4.42. The summed E-state index contributed by atoms with van der Waals surface area (Å²) in [6.45, 7) is 1.38. The van der Waals surface area contributed by atoms with Crippen LogP contribution >= 0.6 is 0 Å². The SMILES string of the molecule is O=C(c1ccc(-c2ccccc2)c(F)c1)[C@H]1CCCN(C(=O)CCn2cnnn2)C1. The topological polar surface area (TPSA) is 81.0 Å². The molecular formula is C22H22FN5O2. The van der Waals surface area contributed by atoms with Gasteiger partial charge in [0.2, 0.25) is 5.91 Å². The summed E-state index contributed by atoms with van der Waals surface area (Å²) in [5.74, 6) is -0.893. The quantitative estimate of drug-likeness (QED) is 0.587. The molecule has 1 saturated heterocycles. The summed E-state index contributed by atoms with van der Waals surface area (Å²) < 4.78 is 16.2. The fourth-order valence-electron chi connectivity index (χ4n) is 3.82. The molecule has 0 spiro atoms. The number of hydrogen-bond donors (Lipinski definition) is 0. The molecule has 7 nitrogen and oxygen atoms in total. The van der Waals surface area contributed by atoms with Crippen molar-refractivity contribution < 1.29 is 14.0 Å². The van der Waals surface area contributed by atoms with Gasteiger partial charge >= 0.3 is 0 Å². The molecule has 1 aliphatic rings. The van der Waals surface area contributed by atoms with Gasteiger partial charge in [-0.25, -0.2) is 9.07 Å². The van der Waals surface area contributed by atoms with Crippen LogP contribution in [0.25, 0.3) is 11.1 Å². The molecule has 0 aliphatic carbocycles. The number of halogens is 1. The highest BCUT2D eigenvalue weighted by Gasteiger charge is 2.29. The molecular weight excluding hydrogens is 385 g/mol. The van der Waals surface area contributed by atoms with Crippen molar-refractivity contribution in [1.29, 1.82) is 0 Å². The maximum absolute atomic E-state index is 14.7. The number of ketones is 1. The number of amides is 1. The molecule has 0 bridgehead atoms. The van der Waals surface area contributed by atoms with E-state index in [-0.39, 0.29) is 24.0 Å². The first kappa shape index (κ1) is 19.9. The Kier molecular flexibility index (Phi) is 5.92. The van der Waals surface area contributed by atoms with E-state index in [1.807, 2.05) is 30.3 Å². The standard InChI is InChI=1S/C22H22FN5O2/c23-20-13-17(8-9-19(20)16-5-2-1-3-6-16)22(30)18-7-4-11-27(14-18)21(29)10-12-28-15-24-25-26-28/h1-3,5-6,8-9,13,15,18H,4,7,10-12,14H2/t18-/m0/s1. The zero-order valence-corrected chi connectivity index (χ0v) is 16.4. The van der Waals surface area contributed by atoms with Crippen LogP contribution in [0.3, 0.4) is 0 Å². The van der Waals surface area contributed by atoms with E-state index in [4.69, 9.17) is 0 Å². The predicted molar refractivity (Wildman–Crippen MR) is 108 cm³/mol. The van der Waals surface area contributed by atoms with Crippen molar-refractivity contribution in [2.24, 2.45) is 5.92 Å². The fourth-order valence-corrected chi connectivity index (χ4v) is 3.82. The van der Waals surface area contributed by atoms with Crippen molar-refractivity contribution in [3.8, 4) is 11.1 Å². The molecule has 0 unspecified atom stereocenters. The Morgan fingerprint density at radius 2 is 1.97 bits per heavy atom. The first-order chi connectivity index (χ1) is 14.6. The molecule has 2 heterocycles. The summed E-state index contributed by atoms with van der Waals surface area (Å²) in [5, 5.41) is 10.8. The van der Waals surface area contributed by atoms with Gasteiger partial charge in [-0.1, -0.05) is 42.5 Å². The number of carbonyl (C=O) groups excluding carboxylic acids is 2. The van der Waals surface area contributed by atoms with E-state index in [0.29, 0.717) is 37.2 Å². The van der Waals surface area contributed by atoms with Crippen LogP contribution in [-0.4, -0.2) is 49.9 Å². The lowest BCUT2D eigenvalue weighted by Gasteiger charge is -2.32. The van der Waals surface area contributed by atoms with Crippen LogP contribution in [0.5, 0.6) is 0 Å². The maximum Gasteiger partial charge on any atom is 0.224 e. The van der Waals surface area contributed by atoms with E-state index in [1.54, 1.807) is 17.0 Å². The molecule has 0 radical (unpaired) electrons. The van der Waals surface area contributed by atoms with Crippen LogP contribution < -0.4 is 0 Å². The van der Waals surface area contributed by atoms with E-state index in [0.717, 1.165) is 12.0 Å². The summed E-state index contributed by atoms with van der Waals surface area (Å²) in [6, 6.07) is 13.9. The highest BCUT2D eigenvalue weighted by molar-refractivity contribution is 5.98. The second-order valence-electron chi connectivity index (χ2n) is 7.43. The summed E-state index contributed by atoms with van der Waals surface area (Å²) in [5.41, 5.74) is 1.58. The molecule has 0 saturated carbocycles. The molecule has 154 valence electrons. The minimum absolute atomic E-state index is 0.0337. The van der Waals surface area contributed by atoms with Crippen molar-refractivity contribution >= 4 is 11.7 Å². The normalized spacial score (nSPS) is 16.4. The average molecular weight is 407 g/mol. The second kappa shape index (κ2) is 8.94. The first-order valence-electron chi connectivity index (χ1n) is 9.99. The summed E-state index contributed by atoms with van der Waals surface area (Å²) in [7, 11) is 0. The van der Waals surface area contributed by atoms with Gasteiger partial charge in [-0.05, 0) is 34.9 Å².